The highest BCUT2D eigenvalue weighted by Gasteiger charge is 2.56. The van der Waals surface area contributed by atoms with Crippen LogP contribution in [0.15, 0.2) is 0 Å². The summed E-state index contributed by atoms with van der Waals surface area (Å²) in [5.74, 6) is 1.47. The summed E-state index contributed by atoms with van der Waals surface area (Å²) in [7, 11) is 0. The summed E-state index contributed by atoms with van der Waals surface area (Å²) < 4.78 is 6.10. The van der Waals surface area contributed by atoms with Crippen molar-refractivity contribution in [3.63, 3.8) is 0 Å². The summed E-state index contributed by atoms with van der Waals surface area (Å²) in [6.07, 6.45) is 7.27. The highest BCUT2D eigenvalue weighted by molar-refractivity contribution is 5.07. The quantitative estimate of drug-likeness (QED) is 0.643. The van der Waals surface area contributed by atoms with Crippen molar-refractivity contribution >= 4 is 0 Å². The molecule has 0 aromatic rings. The smallest absolute Gasteiger partial charge is 0.0946 e. The van der Waals surface area contributed by atoms with Crippen molar-refractivity contribution < 1.29 is 9.84 Å². The van der Waals surface area contributed by atoms with Crippen LogP contribution >= 0.6 is 0 Å². The van der Waals surface area contributed by atoms with Gasteiger partial charge in [0.25, 0.3) is 0 Å². The van der Waals surface area contributed by atoms with Crippen molar-refractivity contribution in [2.45, 2.75) is 63.3 Å². The van der Waals surface area contributed by atoms with E-state index in [2.05, 4.69) is 6.92 Å². The zero-order chi connectivity index (χ0) is 9.76. The van der Waals surface area contributed by atoms with Crippen LogP contribution in [0.1, 0.15) is 45.4 Å². The first kappa shape index (κ1) is 9.17. The average Bonchev–Trinajstić information content (AvgIpc) is 2.89. The minimum atomic E-state index is -0.172. The van der Waals surface area contributed by atoms with E-state index in [1.54, 1.807) is 0 Å². The summed E-state index contributed by atoms with van der Waals surface area (Å²) in [5.41, 5.74) is -0.0816. The Balaban J connectivity index is 1.73. The molecule has 2 nitrogen and oxygen atoms in total. The lowest BCUT2D eigenvalue weighted by atomic mass is 9.75. The number of hydrogen-bond donors (Lipinski definition) is 1. The minimum absolute atomic E-state index is 0.0816. The van der Waals surface area contributed by atoms with Gasteiger partial charge in [-0.15, -0.1) is 0 Å². The van der Waals surface area contributed by atoms with Crippen LogP contribution in [-0.2, 0) is 4.74 Å². The topological polar surface area (TPSA) is 29.5 Å². The molecular weight excluding hydrogens is 176 g/mol. The second-order valence-corrected chi connectivity index (χ2v) is 5.65. The predicted octanol–water partition coefficient (Wildman–Crippen LogP) is 2.10. The van der Waals surface area contributed by atoms with Gasteiger partial charge in [0.15, 0.2) is 0 Å². The first-order valence-electron chi connectivity index (χ1n) is 6.05. The van der Waals surface area contributed by atoms with Crippen molar-refractivity contribution in [3.05, 3.63) is 0 Å². The standard InChI is InChI=1S/C12H20O2/c1-8-2-3-10-9(6-8)7-11(13)12(14-10)4-5-12/h8-11,13H,2-7H2,1H3/t8-,9+,10+,11-/m1/s1. The fourth-order valence-corrected chi connectivity index (χ4v) is 3.33. The Morgan fingerprint density at radius 1 is 1.21 bits per heavy atom. The van der Waals surface area contributed by atoms with Crippen molar-refractivity contribution in [1.29, 1.82) is 0 Å². The highest BCUT2D eigenvalue weighted by Crippen LogP contribution is 2.52. The van der Waals surface area contributed by atoms with Crippen LogP contribution in [0.3, 0.4) is 0 Å². The van der Waals surface area contributed by atoms with Crippen LogP contribution in [0.4, 0.5) is 0 Å². The van der Waals surface area contributed by atoms with Gasteiger partial charge in [0.05, 0.1) is 17.8 Å². The molecule has 0 aromatic heterocycles. The zero-order valence-electron chi connectivity index (χ0n) is 8.91. The maximum Gasteiger partial charge on any atom is 0.0946 e. The van der Waals surface area contributed by atoms with E-state index in [0.29, 0.717) is 12.0 Å². The predicted molar refractivity (Wildman–Crippen MR) is 54.0 cm³/mol. The minimum Gasteiger partial charge on any atom is -0.390 e. The Kier molecular flexibility index (Phi) is 1.94. The molecule has 3 rings (SSSR count). The molecule has 0 aromatic carbocycles. The van der Waals surface area contributed by atoms with Gasteiger partial charge in [-0.3, -0.25) is 0 Å². The summed E-state index contributed by atoms with van der Waals surface area (Å²) in [4.78, 5) is 0. The Hall–Kier alpha value is -0.0800. The Morgan fingerprint density at radius 3 is 2.71 bits per heavy atom. The molecule has 0 amide bonds. The van der Waals surface area contributed by atoms with Crippen LogP contribution in [0.25, 0.3) is 0 Å². The summed E-state index contributed by atoms with van der Waals surface area (Å²) >= 11 is 0. The Labute approximate surface area is 85.6 Å². The molecule has 1 saturated heterocycles. The van der Waals surface area contributed by atoms with Crippen LogP contribution in [-0.4, -0.2) is 22.9 Å². The monoisotopic (exact) mass is 196 g/mol. The highest BCUT2D eigenvalue weighted by atomic mass is 16.5. The third kappa shape index (κ3) is 1.31. The third-order valence-electron chi connectivity index (χ3n) is 4.44. The van der Waals surface area contributed by atoms with Crippen LogP contribution in [0.2, 0.25) is 0 Å². The summed E-state index contributed by atoms with van der Waals surface area (Å²) in [6.45, 7) is 2.32. The van der Waals surface area contributed by atoms with E-state index in [0.717, 1.165) is 25.2 Å². The largest absolute Gasteiger partial charge is 0.390 e. The molecule has 0 unspecified atom stereocenters. The second kappa shape index (κ2) is 2.96. The van der Waals surface area contributed by atoms with E-state index in [9.17, 15) is 5.11 Å². The van der Waals surface area contributed by atoms with Gasteiger partial charge >= 0.3 is 0 Å². The molecule has 1 spiro atoms. The molecule has 3 aliphatic rings. The summed E-state index contributed by atoms with van der Waals surface area (Å²) in [5, 5.41) is 10.00. The zero-order valence-corrected chi connectivity index (χ0v) is 8.91. The molecule has 1 heterocycles. The van der Waals surface area contributed by atoms with E-state index < -0.39 is 0 Å². The van der Waals surface area contributed by atoms with Gasteiger partial charge in [-0.25, -0.2) is 0 Å². The normalized spacial score (nSPS) is 50.1. The van der Waals surface area contributed by atoms with Gasteiger partial charge in [-0.1, -0.05) is 6.92 Å². The van der Waals surface area contributed by atoms with Crippen molar-refractivity contribution in [1.82, 2.24) is 0 Å². The fourth-order valence-electron chi connectivity index (χ4n) is 3.33. The van der Waals surface area contributed by atoms with E-state index in [4.69, 9.17) is 4.74 Å². The van der Waals surface area contributed by atoms with Crippen molar-refractivity contribution in [2.24, 2.45) is 11.8 Å². The van der Waals surface area contributed by atoms with E-state index in [1.165, 1.54) is 19.3 Å². The third-order valence-corrected chi connectivity index (χ3v) is 4.44. The van der Waals surface area contributed by atoms with Gasteiger partial charge in [0.2, 0.25) is 0 Å². The number of ether oxygens (including phenoxy) is 1. The molecular formula is C12H20O2. The molecule has 4 atom stereocenters. The molecule has 1 aliphatic heterocycles. The first-order valence-corrected chi connectivity index (χ1v) is 6.05. The van der Waals surface area contributed by atoms with E-state index in [-0.39, 0.29) is 11.7 Å². The number of fused-ring (bicyclic) bond motifs is 1. The Bertz CT molecular complexity index is 234. The van der Waals surface area contributed by atoms with Crippen molar-refractivity contribution in [2.75, 3.05) is 0 Å². The Morgan fingerprint density at radius 2 is 2.00 bits per heavy atom. The molecule has 1 N–H and O–H groups in total. The molecule has 2 aliphatic carbocycles. The lowest BCUT2D eigenvalue weighted by molar-refractivity contribution is -0.175. The average molecular weight is 196 g/mol. The first-order chi connectivity index (χ1) is 6.70. The van der Waals surface area contributed by atoms with Crippen molar-refractivity contribution in [3.8, 4) is 0 Å². The number of aliphatic hydroxyl groups is 1. The molecule has 14 heavy (non-hydrogen) atoms. The maximum absolute atomic E-state index is 10.00. The maximum atomic E-state index is 10.00. The number of hydrogen-bond acceptors (Lipinski definition) is 2. The van der Waals surface area contributed by atoms with E-state index in [1.807, 2.05) is 0 Å². The molecule has 0 radical (unpaired) electrons. The SMILES string of the molecule is C[C@@H]1CC[C@@H]2OC3(CC3)[C@H](O)C[C@@H]2C1. The molecule has 80 valence electrons. The molecule has 3 fully saturated rings. The van der Waals surface area contributed by atoms with Gasteiger partial charge < -0.3 is 9.84 Å². The molecule has 2 saturated carbocycles. The van der Waals surface area contributed by atoms with Gasteiger partial charge in [-0.05, 0) is 50.4 Å². The van der Waals surface area contributed by atoms with Gasteiger partial charge in [-0.2, -0.15) is 0 Å². The van der Waals surface area contributed by atoms with Gasteiger partial charge in [0.1, 0.15) is 0 Å². The molecule has 0 bridgehead atoms. The molecule has 2 heteroatoms. The van der Waals surface area contributed by atoms with Gasteiger partial charge in [0, 0.05) is 0 Å². The summed E-state index contributed by atoms with van der Waals surface area (Å²) in [6, 6.07) is 0. The fraction of sp³-hybridized carbons (Fsp3) is 1.00. The van der Waals surface area contributed by atoms with Crippen LogP contribution in [0, 0.1) is 11.8 Å². The lowest BCUT2D eigenvalue weighted by Gasteiger charge is -2.44. The number of aliphatic hydroxyl groups excluding tert-OH is 1. The van der Waals surface area contributed by atoms with Crippen LogP contribution < -0.4 is 0 Å². The number of rotatable bonds is 0. The van der Waals surface area contributed by atoms with Crippen LogP contribution in [0.5, 0.6) is 0 Å². The lowest BCUT2D eigenvalue weighted by Crippen LogP contribution is -2.48. The van der Waals surface area contributed by atoms with E-state index >= 15 is 0 Å². The second-order valence-electron chi connectivity index (χ2n) is 5.65.